The van der Waals surface area contributed by atoms with E-state index in [-0.39, 0.29) is 12.4 Å². The van der Waals surface area contributed by atoms with Gasteiger partial charge in [0.1, 0.15) is 5.82 Å². The summed E-state index contributed by atoms with van der Waals surface area (Å²) in [5.74, 6) is -0.0305. The first-order valence-electron chi connectivity index (χ1n) is 11.9. The lowest BCUT2D eigenvalue weighted by Crippen LogP contribution is -2.40. The second-order valence-corrected chi connectivity index (χ2v) is 9.35. The molecule has 2 heterocycles. The third kappa shape index (κ3) is 4.28. The Morgan fingerprint density at radius 3 is 2.25 bits per heavy atom. The fraction of sp³-hybridized carbons (Fsp3) is 0.207. The van der Waals surface area contributed by atoms with Crippen molar-refractivity contribution in [1.82, 2.24) is 18.7 Å². The summed E-state index contributed by atoms with van der Waals surface area (Å²) in [5, 5.41) is 0. The molecule has 0 atom stereocenters. The second-order valence-electron chi connectivity index (χ2n) is 9.35. The summed E-state index contributed by atoms with van der Waals surface area (Å²) >= 11 is 0. The minimum Gasteiger partial charge on any atom is -0.320 e. The van der Waals surface area contributed by atoms with Gasteiger partial charge in [-0.15, -0.1) is 0 Å². The highest BCUT2D eigenvalue weighted by Crippen LogP contribution is 2.19. The average molecular weight is 483 g/mol. The molecule has 0 spiro atoms. The van der Waals surface area contributed by atoms with E-state index in [1.807, 2.05) is 55.5 Å². The number of aromatic nitrogens is 4. The van der Waals surface area contributed by atoms with Crippen LogP contribution in [-0.4, -0.2) is 18.7 Å². The van der Waals surface area contributed by atoms with Gasteiger partial charge in [0.15, 0.2) is 11.2 Å². The summed E-state index contributed by atoms with van der Waals surface area (Å²) < 4.78 is 17.9. The van der Waals surface area contributed by atoms with E-state index >= 15 is 0 Å². The van der Waals surface area contributed by atoms with Crippen LogP contribution in [0.2, 0.25) is 0 Å². The Balaban J connectivity index is 1.74. The topological polar surface area (TPSA) is 61.8 Å². The van der Waals surface area contributed by atoms with Crippen LogP contribution in [0, 0.1) is 12.7 Å². The lowest BCUT2D eigenvalue weighted by atomic mass is 10.0. The van der Waals surface area contributed by atoms with Crippen molar-refractivity contribution in [3.05, 3.63) is 128 Å². The number of imidazole rings is 1. The Hall–Kier alpha value is -4.26. The zero-order valence-electron chi connectivity index (χ0n) is 20.5. The molecule has 0 N–H and O–H groups in total. The van der Waals surface area contributed by atoms with Crippen LogP contribution in [0.1, 0.15) is 42.0 Å². The van der Waals surface area contributed by atoms with Crippen molar-refractivity contribution in [2.45, 2.75) is 39.8 Å². The van der Waals surface area contributed by atoms with Crippen LogP contribution in [0.25, 0.3) is 16.9 Å². The summed E-state index contributed by atoms with van der Waals surface area (Å²) in [7, 11) is 0. The van der Waals surface area contributed by atoms with Gasteiger partial charge in [0, 0.05) is 6.54 Å². The predicted molar refractivity (Wildman–Crippen MR) is 139 cm³/mol. The van der Waals surface area contributed by atoms with Crippen molar-refractivity contribution < 1.29 is 4.39 Å². The first kappa shape index (κ1) is 23.5. The number of nitrogens with zero attached hydrogens (tertiary/aromatic N) is 4. The van der Waals surface area contributed by atoms with Crippen molar-refractivity contribution >= 4 is 11.2 Å². The van der Waals surface area contributed by atoms with Gasteiger partial charge in [0.2, 0.25) is 0 Å². The first-order chi connectivity index (χ1) is 17.3. The molecule has 7 heteroatoms. The van der Waals surface area contributed by atoms with Gasteiger partial charge in [-0.25, -0.2) is 18.7 Å². The highest BCUT2D eigenvalue weighted by Gasteiger charge is 2.20. The first-order valence-corrected chi connectivity index (χ1v) is 11.9. The molecule has 3 aromatic carbocycles. The van der Waals surface area contributed by atoms with Crippen LogP contribution in [0.3, 0.4) is 0 Å². The molecule has 0 aliphatic rings. The molecule has 2 aromatic heterocycles. The average Bonchev–Trinajstić information content (AvgIpc) is 3.28. The van der Waals surface area contributed by atoms with E-state index < -0.39 is 11.2 Å². The van der Waals surface area contributed by atoms with Crippen molar-refractivity contribution in [3.8, 4) is 5.69 Å². The zero-order chi connectivity index (χ0) is 25.4. The minimum atomic E-state index is -0.490. The van der Waals surface area contributed by atoms with Crippen LogP contribution < -0.4 is 11.2 Å². The van der Waals surface area contributed by atoms with Crippen LogP contribution in [0.4, 0.5) is 4.39 Å². The maximum absolute atomic E-state index is 13.7. The summed E-state index contributed by atoms with van der Waals surface area (Å²) in [6.07, 6.45) is 1.61. The third-order valence-corrected chi connectivity index (χ3v) is 6.57. The van der Waals surface area contributed by atoms with E-state index in [0.29, 0.717) is 34.9 Å². The number of halogens is 1. The van der Waals surface area contributed by atoms with Gasteiger partial charge in [-0.05, 0) is 59.4 Å². The van der Waals surface area contributed by atoms with Crippen LogP contribution in [0.15, 0.2) is 88.7 Å². The molecular weight excluding hydrogens is 455 g/mol. The van der Waals surface area contributed by atoms with E-state index in [0.717, 1.165) is 16.7 Å². The van der Waals surface area contributed by atoms with Gasteiger partial charge >= 0.3 is 5.69 Å². The smallest absolute Gasteiger partial charge is 0.320 e. The maximum atomic E-state index is 13.7. The number of benzene rings is 3. The van der Waals surface area contributed by atoms with Crippen molar-refractivity contribution in [3.63, 3.8) is 0 Å². The van der Waals surface area contributed by atoms with Gasteiger partial charge < -0.3 is 4.57 Å². The Bertz CT molecular complexity index is 1660. The van der Waals surface area contributed by atoms with Gasteiger partial charge in [-0.2, -0.15) is 0 Å². The lowest BCUT2D eigenvalue weighted by molar-refractivity contribution is 0.624. The molecular formula is C29H27FN4O2. The minimum absolute atomic E-state index is 0.0213. The summed E-state index contributed by atoms with van der Waals surface area (Å²) in [4.78, 5) is 32.0. The highest BCUT2D eigenvalue weighted by atomic mass is 19.1. The van der Waals surface area contributed by atoms with Gasteiger partial charge in [-0.1, -0.05) is 62.4 Å². The number of rotatable bonds is 6. The monoisotopic (exact) mass is 482 g/mol. The molecule has 5 aromatic rings. The van der Waals surface area contributed by atoms with Gasteiger partial charge in [0.05, 0.1) is 18.6 Å². The molecule has 0 aliphatic carbocycles. The summed E-state index contributed by atoms with van der Waals surface area (Å²) in [6, 6.07) is 21.5. The van der Waals surface area contributed by atoms with E-state index in [1.54, 1.807) is 23.0 Å². The van der Waals surface area contributed by atoms with E-state index in [4.69, 9.17) is 0 Å². The fourth-order valence-electron chi connectivity index (χ4n) is 4.42. The lowest BCUT2D eigenvalue weighted by Gasteiger charge is -2.14. The van der Waals surface area contributed by atoms with Crippen LogP contribution >= 0.6 is 0 Å². The van der Waals surface area contributed by atoms with Crippen LogP contribution in [-0.2, 0) is 13.1 Å². The number of hydrogen-bond donors (Lipinski definition) is 0. The van der Waals surface area contributed by atoms with Crippen LogP contribution in [0.5, 0.6) is 0 Å². The number of fused-ring (bicyclic) bond motifs is 1. The molecule has 6 nitrogen and oxygen atoms in total. The Morgan fingerprint density at radius 1 is 0.889 bits per heavy atom. The normalized spacial score (nSPS) is 11.5. The van der Waals surface area contributed by atoms with E-state index in [9.17, 15) is 14.0 Å². The van der Waals surface area contributed by atoms with Gasteiger partial charge in [-0.3, -0.25) is 9.36 Å². The van der Waals surface area contributed by atoms with E-state index in [1.165, 1.54) is 21.3 Å². The summed E-state index contributed by atoms with van der Waals surface area (Å²) in [5.41, 5.74) is 4.32. The van der Waals surface area contributed by atoms with Gasteiger partial charge in [0.25, 0.3) is 5.56 Å². The van der Waals surface area contributed by atoms with E-state index in [2.05, 4.69) is 18.8 Å². The molecule has 5 rings (SSSR count). The molecule has 0 fully saturated rings. The largest absolute Gasteiger partial charge is 0.337 e. The SMILES string of the molecule is Cc1ccccc1Cn1cnc2c1c(=O)n(Cc1ccc(F)cc1)c(=O)n2-c1ccc(C(C)C)cc1. The highest BCUT2D eigenvalue weighted by molar-refractivity contribution is 5.72. The summed E-state index contributed by atoms with van der Waals surface area (Å²) in [6.45, 7) is 6.70. The Labute approximate surface area is 207 Å². The molecule has 0 bridgehead atoms. The molecule has 0 aliphatic heterocycles. The second kappa shape index (κ2) is 9.41. The molecule has 182 valence electrons. The Kier molecular flexibility index (Phi) is 6.14. The zero-order valence-corrected chi connectivity index (χ0v) is 20.5. The molecule has 0 amide bonds. The molecule has 0 unspecified atom stereocenters. The van der Waals surface area contributed by atoms with Crippen molar-refractivity contribution in [2.75, 3.05) is 0 Å². The molecule has 36 heavy (non-hydrogen) atoms. The number of hydrogen-bond acceptors (Lipinski definition) is 3. The van der Waals surface area contributed by atoms with Crippen molar-refractivity contribution in [2.24, 2.45) is 0 Å². The standard InChI is InChI=1S/C29H27FN4O2/c1-19(2)22-10-14-25(15-11-22)34-27-26(32(18-31-27)17-23-7-5-4-6-20(23)3)28(35)33(29(34)36)16-21-8-12-24(30)13-9-21/h4-15,18-19H,16-17H2,1-3H3. The van der Waals surface area contributed by atoms with Crippen molar-refractivity contribution in [1.29, 1.82) is 0 Å². The third-order valence-electron chi connectivity index (χ3n) is 6.57. The number of aryl methyl sites for hydroxylation is 1. The molecule has 0 saturated heterocycles. The Morgan fingerprint density at radius 2 is 1.58 bits per heavy atom. The fourth-order valence-corrected chi connectivity index (χ4v) is 4.42. The molecule has 0 saturated carbocycles. The quantitative estimate of drug-likeness (QED) is 0.342. The maximum Gasteiger partial charge on any atom is 0.337 e. The predicted octanol–water partition coefficient (Wildman–Crippen LogP) is 5.02. The molecule has 0 radical (unpaired) electrons.